The number of aliphatic hydroxyl groups excluding tert-OH is 1. The molecule has 0 unspecified atom stereocenters. The lowest BCUT2D eigenvalue weighted by atomic mass is 10.2. The molecule has 0 spiro atoms. The minimum atomic E-state index is -0.186. The third-order valence-electron chi connectivity index (χ3n) is 3.76. The molecular weight excluding hydrogens is 304 g/mol. The molecule has 0 saturated heterocycles. The van der Waals surface area contributed by atoms with Crippen molar-refractivity contribution in [2.75, 3.05) is 25.0 Å². The Labute approximate surface area is 143 Å². The molecule has 0 radical (unpaired) electrons. The maximum Gasteiger partial charge on any atom is 0.321 e. The van der Waals surface area contributed by atoms with Gasteiger partial charge in [0.25, 0.3) is 0 Å². The van der Waals surface area contributed by atoms with Crippen LogP contribution in [-0.4, -0.2) is 45.5 Å². The second kappa shape index (κ2) is 8.49. The number of nitrogens with zero attached hydrogens (tertiary/aromatic N) is 3. The molecule has 2 aromatic rings. The molecule has 0 fully saturated rings. The molecule has 0 aliphatic rings. The van der Waals surface area contributed by atoms with Crippen LogP contribution in [0.1, 0.15) is 30.3 Å². The number of nitrogens with one attached hydrogen (secondary N) is 1. The van der Waals surface area contributed by atoms with E-state index in [2.05, 4.69) is 10.4 Å². The van der Waals surface area contributed by atoms with Gasteiger partial charge < -0.3 is 15.3 Å². The smallest absolute Gasteiger partial charge is 0.321 e. The van der Waals surface area contributed by atoms with Gasteiger partial charge in [0, 0.05) is 24.5 Å². The van der Waals surface area contributed by atoms with Crippen molar-refractivity contribution in [3.63, 3.8) is 0 Å². The minimum Gasteiger partial charge on any atom is -0.395 e. The Morgan fingerprint density at radius 3 is 2.71 bits per heavy atom. The van der Waals surface area contributed by atoms with E-state index in [-0.39, 0.29) is 12.6 Å². The molecule has 0 aliphatic carbocycles. The maximum absolute atomic E-state index is 12.3. The lowest BCUT2D eigenvalue weighted by molar-refractivity contribution is 0.188. The lowest BCUT2D eigenvalue weighted by Crippen LogP contribution is -2.37. The molecule has 24 heavy (non-hydrogen) atoms. The summed E-state index contributed by atoms with van der Waals surface area (Å²) in [6.07, 6.45) is 0.853. The van der Waals surface area contributed by atoms with Gasteiger partial charge in [-0.05, 0) is 44.0 Å². The van der Waals surface area contributed by atoms with Crippen LogP contribution in [0.3, 0.4) is 0 Å². The number of carbonyl (C=O) groups is 1. The molecule has 2 amide bonds. The van der Waals surface area contributed by atoms with Gasteiger partial charge in [-0.2, -0.15) is 5.10 Å². The van der Waals surface area contributed by atoms with E-state index in [1.54, 1.807) is 4.90 Å². The van der Waals surface area contributed by atoms with Crippen LogP contribution >= 0.6 is 0 Å². The number of anilines is 1. The molecule has 1 heterocycles. The highest BCUT2D eigenvalue weighted by molar-refractivity contribution is 5.89. The minimum absolute atomic E-state index is 0.0363. The summed E-state index contributed by atoms with van der Waals surface area (Å²) < 4.78 is 1.95. The first-order valence-electron chi connectivity index (χ1n) is 8.30. The normalized spacial score (nSPS) is 10.7. The number of aromatic nitrogens is 2. The third kappa shape index (κ3) is 4.83. The fraction of sp³-hybridized carbons (Fsp3) is 0.444. The molecule has 6 heteroatoms. The number of rotatable bonds is 7. The molecule has 130 valence electrons. The van der Waals surface area contributed by atoms with E-state index in [1.165, 1.54) is 0 Å². The molecule has 0 atom stereocenters. The Bertz CT molecular complexity index is 675. The van der Waals surface area contributed by atoms with E-state index < -0.39 is 0 Å². The monoisotopic (exact) mass is 330 g/mol. The van der Waals surface area contributed by atoms with Crippen LogP contribution in [0.5, 0.6) is 0 Å². The number of hydrogen-bond acceptors (Lipinski definition) is 3. The van der Waals surface area contributed by atoms with Gasteiger partial charge in [0.15, 0.2) is 0 Å². The molecule has 0 bridgehead atoms. The molecule has 6 nitrogen and oxygen atoms in total. The Morgan fingerprint density at radius 1 is 1.29 bits per heavy atom. The lowest BCUT2D eigenvalue weighted by Gasteiger charge is -2.21. The molecule has 1 aromatic heterocycles. The summed E-state index contributed by atoms with van der Waals surface area (Å²) in [7, 11) is 0. The Hall–Kier alpha value is -2.34. The fourth-order valence-corrected chi connectivity index (χ4v) is 2.66. The van der Waals surface area contributed by atoms with Crippen molar-refractivity contribution in [1.29, 1.82) is 0 Å². The fourth-order valence-electron chi connectivity index (χ4n) is 2.66. The van der Waals surface area contributed by atoms with Crippen molar-refractivity contribution in [3.8, 4) is 0 Å². The molecule has 1 aromatic carbocycles. The summed E-state index contributed by atoms with van der Waals surface area (Å²) >= 11 is 0. The van der Waals surface area contributed by atoms with Crippen molar-refractivity contribution in [2.45, 2.75) is 33.7 Å². The molecule has 2 N–H and O–H groups in total. The first kappa shape index (κ1) is 18.0. The highest BCUT2D eigenvalue weighted by Gasteiger charge is 2.12. The summed E-state index contributed by atoms with van der Waals surface area (Å²) in [5.74, 6) is 0. The molecule has 0 aliphatic heterocycles. The summed E-state index contributed by atoms with van der Waals surface area (Å²) in [6, 6.07) is 9.62. The van der Waals surface area contributed by atoms with Crippen molar-refractivity contribution < 1.29 is 9.90 Å². The third-order valence-corrected chi connectivity index (χ3v) is 3.76. The van der Waals surface area contributed by atoms with Crippen LogP contribution in [0.2, 0.25) is 0 Å². The van der Waals surface area contributed by atoms with Gasteiger partial charge in [0.05, 0.1) is 18.8 Å². The van der Waals surface area contributed by atoms with E-state index in [4.69, 9.17) is 5.11 Å². The number of benzene rings is 1. The maximum atomic E-state index is 12.3. The van der Waals surface area contributed by atoms with Crippen LogP contribution in [0.4, 0.5) is 10.5 Å². The Morgan fingerprint density at radius 2 is 2.08 bits per heavy atom. The van der Waals surface area contributed by atoms with Gasteiger partial charge in [0.1, 0.15) is 0 Å². The Balaban J connectivity index is 2.06. The van der Waals surface area contributed by atoms with Gasteiger partial charge in [-0.3, -0.25) is 4.68 Å². The summed E-state index contributed by atoms with van der Waals surface area (Å²) in [4.78, 5) is 13.9. The summed E-state index contributed by atoms with van der Waals surface area (Å²) in [5.41, 5.74) is 3.93. The van der Waals surface area contributed by atoms with Crippen molar-refractivity contribution in [1.82, 2.24) is 14.7 Å². The SMILES string of the molecule is CCCN(CCO)C(=O)Nc1cccc(Cn2nc(C)cc2C)c1. The van der Waals surface area contributed by atoms with Gasteiger partial charge in [-0.25, -0.2) is 4.79 Å². The summed E-state index contributed by atoms with van der Waals surface area (Å²) in [6.45, 7) is 7.60. The van der Waals surface area contributed by atoms with Crippen molar-refractivity contribution in [3.05, 3.63) is 47.3 Å². The predicted octanol–water partition coefficient (Wildman–Crippen LogP) is 2.78. The van der Waals surface area contributed by atoms with E-state index in [0.29, 0.717) is 19.6 Å². The number of carbonyl (C=O) groups excluding carboxylic acids is 1. The van der Waals surface area contributed by atoms with E-state index >= 15 is 0 Å². The van der Waals surface area contributed by atoms with Crippen LogP contribution in [0.25, 0.3) is 0 Å². The largest absolute Gasteiger partial charge is 0.395 e. The second-order valence-electron chi connectivity index (χ2n) is 5.93. The highest BCUT2D eigenvalue weighted by atomic mass is 16.3. The van der Waals surface area contributed by atoms with Crippen molar-refractivity contribution in [2.24, 2.45) is 0 Å². The highest BCUT2D eigenvalue weighted by Crippen LogP contribution is 2.14. The number of urea groups is 1. The zero-order valence-corrected chi connectivity index (χ0v) is 14.6. The van der Waals surface area contributed by atoms with E-state index in [1.807, 2.05) is 55.8 Å². The van der Waals surface area contributed by atoms with Gasteiger partial charge in [-0.15, -0.1) is 0 Å². The average Bonchev–Trinajstić information content (AvgIpc) is 2.85. The summed E-state index contributed by atoms with van der Waals surface area (Å²) in [5, 5.41) is 16.5. The standard InChI is InChI=1S/C18H26N4O2/c1-4-8-21(9-10-23)18(24)19-17-7-5-6-16(12-17)13-22-15(3)11-14(2)20-22/h5-7,11-12,23H,4,8-10,13H2,1-3H3,(H,19,24). The predicted molar refractivity (Wildman–Crippen MR) is 95.2 cm³/mol. The zero-order valence-electron chi connectivity index (χ0n) is 14.6. The zero-order chi connectivity index (χ0) is 17.5. The number of aryl methyl sites for hydroxylation is 2. The first-order chi connectivity index (χ1) is 11.5. The number of hydrogen-bond donors (Lipinski definition) is 2. The van der Waals surface area contributed by atoms with Crippen LogP contribution in [0, 0.1) is 13.8 Å². The molecule has 0 saturated carbocycles. The van der Waals surface area contributed by atoms with Crippen LogP contribution < -0.4 is 5.32 Å². The van der Waals surface area contributed by atoms with E-state index in [9.17, 15) is 4.79 Å². The average molecular weight is 330 g/mol. The van der Waals surface area contributed by atoms with Gasteiger partial charge in [0.2, 0.25) is 0 Å². The van der Waals surface area contributed by atoms with Crippen molar-refractivity contribution >= 4 is 11.7 Å². The Kier molecular flexibility index (Phi) is 6.37. The molecular formula is C18H26N4O2. The van der Waals surface area contributed by atoms with Crippen LogP contribution in [0.15, 0.2) is 30.3 Å². The van der Waals surface area contributed by atoms with Crippen LogP contribution in [-0.2, 0) is 6.54 Å². The number of aliphatic hydroxyl groups is 1. The van der Waals surface area contributed by atoms with Gasteiger partial charge in [-0.1, -0.05) is 19.1 Å². The topological polar surface area (TPSA) is 70.4 Å². The number of amides is 2. The second-order valence-corrected chi connectivity index (χ2v) is 5.93. The van der Waals surface area contributed by atoms with E-state index in [0.717, 1.165) is 29.1 Å². The molecule has 2 rings (SSSR count). The van der Waals surface area contributed by atoms with Gasteiger partial charge >= 0.3 is 6.03 Å². The quantitative estimate of drug-likeness (QED) is 0.820. The first-order valence-corrected chi connectivity index (χ1v) is 8.30.